The number of carbonyl (C=O) groups is 2. The lowest BCUT2D eigenvalue weighted by Gasteiger charge is -2.29. The molecule has 1 aromatic carbocycles. The van der Waals surface area contributed by atoms with Gasteiger partial charge in [-0.25, -0.2) is 0 Å². The Labute approximate surface area is 137 Å². The normalized spacial score (nSPS) is 25.1. The molecule has 0 saturated heterocycles. The fourth-order valence-corrected chi connectivity index (χ4v) is 7.98. The van der Waals surface area contributed by atoms with E-state index in [0.717, 1.165) is 18.5 Å². The van der Waals surface area contributed by atoms with E-state index in [0.29, 0.717) is 31.0 Å². The fraction of sp³-hybridized carbons (Fsp3) is 0.556. The monoisotopic (exact) mass is 333 g/mol. The van der Waals surface area contributed by atoms with Gasteiger partial charge >= 0.3 is 0 Å². The second-order valence-corrected chi connectivity index (χ2v) is 10.1. The summed E-state index contributed by atoms with van der Waals surface area (Å²) in [7, 11) is 0.861. The summed E-state index contributed by atoms with van der Waals surface area (Å²) in [5, 5.41) is 0.712. The Hall–Kier alpha value is -1.41. The number of Topliss-reactive ketones (excluding diaryl/α,β-unsaturated/α-hetero) is 2. The Balaban J connectivity index is 2.06. The molecule has 124 valence electrons. The number of rotatable bonds is 4. The molecule has 0 aliphatic heterocycles. The van der Waals surface area contributed by atoms with Crippen LogP contribution in [-0.4, -0.2) is 37.0 Å². The van der Waals surface area contributed by atoms with E-state index in [-0.39, 0.29) is 11.6 Å². The maximum atomic E-state index is 14.1. The van der Waals surface area contributed by atoms with Gasteiger partial charge in [0.1, 0.15) is 18.7 Å². The SMILES string of the molecule is CN(C)c1ccc(P(=O)([C@H]2CCCC2=O)[C@H]2CCCC2=O)cc1. The number of ketones is 2. The predicted molar refractivity (Wildman–Crippen MR) is 93.3 cm³/mol. The molecule has 0 heterocycles. The maximum Gasteiger partial charge on any atom is 0.143 e. The molecule has 0 N–H and O–H groups in total. The molecule has 0 aromatic heterocycles. The minimum Gasteiger partial charge on any atom is -0.378 e. The van der Waals surface area contributed by atoms with Crippen LogP contribution in [0.3, 0.4) is 0 Å². The number of benzene rings is 1. The summed E-state index contributed by atoms with van der Waals surface area (Å²) in [4.78, 5) is 26.7. The minimum atomic E-state index is -3.05. The highest BCUT2D eigenvalue weighted by molar-refractivity contribution is 7.74. The van der Waals surface area contributed by atoms with Crippen molar-refractivity contribution in [1.82, 2.24) is 0 Å². The summed E-state index contributed by atoms with van der Waals surface area (Å²) in [5.74, 6) is 0.175. The Morgan fingerprint density at radius 2 is 1.39 bits per heavy atom. The first-order chi connectivity index (χ1) is 10.9. The molecular weight excluding hydrogens is 309 g/mol. The molecule has 23 heavy (non-hydrogen) atoms. The number of nitrogens with zero attached hydrogens (tertiary/aromatic N) is 1. The van der Waals surface area contributed by atoms with E-state index in [4.69, 9.17) is 0 Å². The molecule has 0 bridgehead atoms. The van der Waals surface area contributed by atoms with E-state index in [1.54, 1.807) is 0 Å². The topological polar surface area (TPSA) is 54.5 Å². The van der Waals surface area contributed by atoms with Crippen LogP contribution in [0.2, 0.25) is 0 Å². The van der Waals surface area contributed by atoms with Gasteiger partial charge in [-0.15, -0.1) is 0 Å². The van der Waals surface area contributed by atoms with Gasteiger partial charge in [-0.3, -0.25) is 9.59 Å². The van der Waals surface area contributed by atoms with Crippen LogP contribution < -0.4 is 10.2 Å². The van der Waals surface area contributed by atoms with Crippen molar-refractivity contribution in [3.63, 3.8) is 0 Å². The zero-order valence-electron chi connectivity index (χ0n) is 13.8. The molecular formula is C18H24NO3P. The van der Waals surface area contributed by atoms with Gasteiger partial charge in [0.15, 0.2) is 0 Å². The molecule has 1 aromatic rings. The highest BCUT2D eigenvalue weighted by Crippen LogP contribution is 2.61. The van der Waals surface area contributed by atoms with Crippen LogP contribution in [0.5, 0.6) is 0 Å². The lowest BCUT2D eigenvalue weighted by atomic mass is 10.3. The van der Waals surface area contributed by atoms with Crippen LogP contribution in [0.15, 0.2) is 24.3 Å². The van der Waals surface area contributed by atoms with Gasteiger partial charge in [0.2, 0.25) is 0 Å². The highest BCUT2D eigenvalue weighted by Gasteiger charge is 2.50. The van der Waals surface area contributed by atoms with Gasteiger partial charge in [-0.1, -0.05) is 0 Å². The number of hydrogen-bond donors (Lipinski definition) is 0. The summed E-state index contributed by atoms with van der Waals surface area (Å²) in [6, 6.07) is 7.60. The highest BCUT2D eigenvalue weighted by atomic mass is 31.2. The average Bonchev–Trinajstić information content (AvgIpc) is 3.15. The summed E-state index contributed by atoms with van der Waals surface area (Å²) in [5.41, 5.74) is 0.135. The maximum absolute atomic E-state index is 14.1. The van der Waals surface area contributed by atoms with Gasteiger partial charge in [0.05, 0.1) is 11.3 Å². The summed E-state index contributed by atoms with van der Waals surface area (Å²) < 4.78 is 14.1. The standard InChI is InChI=1S/C18H24NO3P/c1-19(2)13-9-11-14(12-10-13)23(22,17-7-3-5-15(17)20)18-8-4-6-16(18)21/h9-12,17-18H,3-8H2,1-2H3/t17-,18-/m0/s1. The van der Waals surface area contributed by atoms with Crippen molar-refractivity contribution in [3.8, 4) is 0 Å². The van der Waals surface area contributed by atoms with Gasteiger partial charge in [0, 0.05) is 37.9 Å². The first kappa shape index (κ1) is 16.4. The molecule has 4 nitrogen and oxygen atoms in total. The van der Waals surface area contributed by atoms with Crippen molar-refractivity contribution in [2.24, 2.45) is 0 Å². The molecule has 2 aliphatic rings. The van der Waals surface area contributed by atoms with E-state index in [9.17, 15) is 14.2 Å². The summed E-state index contributed by atoms with van der Waals surface area (Å²) in [6.07, 6.45) is 3.93. The summed E-state index contributed by atoms with van der Waals surface area (Å²) >= 11 is 0. The summed E-state index contributed by atoms with van der Waals surface area (Å²) in [6.45, 7) is 0. The molecule has 0 amide bonds. The van der Waals surface area contributed by atoms with Crippen LogP contribution in [0.1, 0.15) is 38.5 Å². The van der Waals surface area contributed by atoms with Crippen molar-refractivity contribution in [2.75, 3.05) is 19.0 Å². The van der Waals surface area contributed by atoms with Crippen molar-refractivity contribution in [3.05, 3.63) is 24.3 Å². The van der Waals surface area contributed by atoms with Crippen LogP contribution in [0, 0.1) is 0 Å². The van der Waals surface area contributed by atoms with E-state index in [1.807, 2.05) is 43.3 Å². The van der Waals surface area contributed by atoms with Crippen molar-refractivity contribution >= 4 is 29.7 Å². The second kappa shape index (κ2) is 6.24. The van der Waals surface area contributed by atoms with Crippen LogP contribution in [0.4, 0.5) is 5.69 Å². The third-order valence-corrected chi connectivity index (χ3v) is 9.29. The van der Waals surface area contributed by atoms with Gasteiger partial charge in [-0.2, -0.15) is 0 Å². The third kappa shape index (κ3) is 2.78. The second-order valence-electron chi connectivity index (χ2n) is 6.87. The first-order valence-electron chi connectivity index (χ1n) is 8.37. The van der Waals surface area contributed by atoms with Crippen molar-refractivity contribution in [2.45, 2.75) is 49.8 Å². The van der Waals surface area contributed by atoms with Crippen LogP contribution in [-0.2, 0) is 14.2 Å². The minimum absolute atomic E-state index is 0.0877. The van der Waals surface area contributed by atoms with Crippen LogP contribution in [0.25, 0.3) is 0 Å². The smallest absolute Gasteiger partial charge is 0.143 e. The van der Waals surface area contributed by atoms with E-state index >= 15 is 0 Å². The number of hydrogen-bond acceptors (Lipinski definition) is 4. The zero-order valence-corrected chi connectivity index (χ0v) is 14.7. The molecule has 5 heteroatoms. The number of carbonyl (C=O) groups excluding carboxylic acids is 2. The van der Waals surface area contributed by atoms with Gasteiger partial charge in [0.25, 0.3) is 0 Å². The first-order valence-corrected chi connectivity index (χ1v) is 10.2. The number of anilines is 1. The van der Waals surface area contributed by atoms with Gasteiger partial charge in [-0.05, 0) is 49.9 Å². The quantitative estimate of drug-likeness (QED) is 0.795. The molecule has 0 unspecified atom stereocenters. The Bertz CT molecular complexity index is 635. The zero-order chi connectivity index (χ0) is 16.6. The Morgan fingerprint density at radius 1 is 0.913 bits per heavy atom. The molecule has 0 spiro atoms. The molecule has 2 atom stereocenters. The van der Waals surface area contributed by atoms with Crippen molar-refractivity contribution < 1.29 is 14.2 Å². The molecule has 2 saturated carbocycles. The van der Waals surface area contributed by atoms with E-state index in [2.05, 4.69) is 0 Å². The van der Waals surface area contributed by atoms with E-state index in [1.165, 1.54) is 0 Å². The molecule has 0 radical (unpaired) electrons. The molecule has 3 rings (SSSR count). The predicted octanol–water partition coefficient (Wildman–Crippen LogP) is 2.98. The molecule has 2 fully saturated rings. The fourth-order valence-electron chi connectivity index (χ4n) is 3.97. The van der Waals surface area contributed by atoms with Crippen molar-refractivity contribution in [1.29, 1.82) is 0 Å². The lowest BCUT2D eigenvalue weighted by Crippen LogP contribution is -2.31. The Kier molecular flexibility index (Phi) is 4.46. The lowest BCUT2D eigenvalue weighted by molar-refractivity contribution is -0.117. The molecule has 2 aliphatic carbocycles. The van der Waals surface area contributed by atoms with Crippen LogP contribution >= 0.6 is 7.14 Å². The largest absolute Gasteiger partial charge is 0.378 e. The van der Waals surface area contributed by atoms with E-state index < -0.39 is 18.5 Å². The third-order valence-electron chi connectivity index (χ3n) is 5.24. The van der Waals surface area contributed by atoms with Gasteiger partial charge < -0.3 is 9.46 Å². The average molecular weight is 333 g/mol. The Morgan fingerprint density at radius 3 is 1.74 bits per heavy atom.